The summed E-state index contributed by atoms with van der Waals surface area (Å²) in [5.41, 5.74) is 2.67. The normalized spacial score (nSPS) is 16.9. The van der Waals surface area contributed by atoms with Crippen LogP contribution in [0, 0.1) is 0 Å². The summed E-state index contributed by atoms with van der Waals surface area (Å²) in [5, 5.41) is 6.20. The summed E-state index contributed by atoms with van der Waals surface area (Å²) in [4.78, 5) is 27.3. The highest BCUT2D eigenvalue weighted by atomic mass is 16.7. The fraction of sp³-hybridized carbons (Fsp3) is 0.435. The highest BCUT2D eigenvalue weighted by molar-refractivity contribution is 6.02. The number of ether oxygens (including phenoxy) is 3. The van der Waals surface area contributed by atoms with Crippen LogP contribution in [0.1, 0.15) is 37.1 Å². The quantitative estimate of drug-likeness (QED) is 0.629. The van der Waals surface area contributed by atoms with Crippen molar-refractivity contribution in [2.75, 3.05) is 33.6 Å². The topological polar surface area (TPSA) is 85.6 Å². The number of fused-ring (bicyclic) bond motifs is 1. The Balaban J connectivity index is 1.62. The molecule has 0 unspecified atom stereocenters. The van der Waals surface area contributed by atoms with Gasteiger partial charge in [0.1, 0.15) is 6.54 Å². The molecule has 0 saturated heterocycles. The molecule has 3 heterocycles. The van der Waals surface area contributed by atoms with E-state index < -0.39 is 0 Å². The van der Waals surface area contributed by atoms with Gasteiger partial charge in [-0.15, -0.1) is 0 Å². The first-order valence-corrected chi connectivity index (χ1v) is 10.7. The van der Waals surface area contributed by atoms with Crippen LogP contribution in [0.2, 0.25) is 0 Å². The number of methoxy groups -OCH3 is 1. The lowest BCUT2D eigenvalue weighted by molar-refractivity contribution is -0.141. The molecular weight excluding hydrogens is 412 g/mol. The molecule has 2 amide bonds. The molecule has 4 rings (SSSR count). The van der Waals surface area contributed by atoms with E-state index in [1.807, 2.05) is 48.1 Å². The number of amides is 2. The highest BCUT2D eigenvalue weighted by Crippen LogP contribution is 2.39. The third-order valence-corrected chi connectivity index (χ3v) is 5.73. The molecule has 0 fully saturated rings. The molecule has 0 saturated carbocycles. The van der Waals surface area contributed by atoms with Crippen molar-refractivity contribution in [1.29, 1.82) is 0 Å². The minimum atomic E-state index is -0.303. The summed E-state index contributed by atoms with van der Waals surface area (Å²) in [6.07, 6.45) is 2.83. The molecule has 0 radical (unpaired) electrons. The van der Waals surface area contributed by atoms with E-state index in [4.69, 9.17) is 19.3 Å². The SMILES string of the molecule is CCC(=O)N(CCOC)CC(=O)N1N=C(c2cccn2C)C[C@H]1c1ccc2c(c1)OCO2. The minimum absolute atomic E-state index is 0.0546. The number of nitrogens with zero attached hydrogens (tertiary/aromatic N) is 4. The van der Waals surface area contributed by atoms with Gasteiger partial charge < -0.3 is 23.7 Å². The maximum absolute atomic E-state index is 13.4. The molecule has 9 nitrogen and oxygen atoms in total. The number of rotatable bonds is 8. The van der Waals surface area contributed by atoms with E-state index in [0.717, 1.165) is 17.0 Å². The molecule has 2 aromatic rings. The summed E-state index contributed by atoms with van der Waals surface area (Å²) in [7, 11) is 3.52. The van der Waals surface area contributed by atoms with Gasteiger partial charge in [0.2, 0.25) is 12.7 Å². The number of carbonyl (C=O) groups is 2. The first kappa shape index (κ1) is 21.9. The van der Waals surface area contributed by atoms with E-state index in [-0.39, 0.29) is 31.2 Å². The van der Waals surface area contributed by atoms with Crippen molar-refractivity contribution in [3.8, 4) is 11.5 Å². The molecule has 0 aliphatic carbocycles. The molecule has 2 aliphatic heterocycles. The lowest BCUT2D eigenvalue weighted by Gasteiger charge is -2.26. The van der Waals surface area contributed by atoms with Gasteiger partial charge in [0.05, 0.1) is 24.1 Å². The maximum Gasteiger partial charge on any atom is 0.262 e. The lowest BCUT2D eigenvalue weighted by atomic mass is 10.00. The van der Waals surface area contributed by atoms with Gasteiger partial charge in [-0.2, -0.15) is 5.10 Å². The molecule has 0 N–H and O–H groups in total. The number of aromatic nitrogens is 1. The van der Waals surface area contributed by atoms with Crippen LogP contribution in [-0.4, -0.2) is 65.6 Å². The van der Waals surface area contributed by atoms with Crippen LogP contribution >= 0.6 is 0 Å². The zero-order valence-electron chi connectivity index (χ0n) is 18.6. The number of benzene rings is 1. The van der Waals surface area contributed by atoms with Crippen molar-refractivity contribution in [2.24, 2.45) is 12.1 Å². The number of aryl methyl sites for hydroxylation is 1. The largest absolute Gasteiger partial charge is 0.454 e. The van der Waals surface area contributed by atoms with Crippen LogP contribution in [0.3, 0.4) is 0 Å². The summed E-state index contributed by atoms with van der Waals surface area (Å²) in [6, 6.07) is 9.31. The van der Waals surface area contributed by atoms with Crippen molar-refractivity contribution in [3.63, 3.8) is 0 Å². The van der Waals surface area contributed by atoms with Crippen LogP contribution in [0.4, 0.5) is 0 Å². The predicted molar refractivity (Wildman–Crippen MR) is 117 cm³/mol. The molecule has 0 bridgehead atoms. The Bertz CT molecular complexity index is 1030. The second kappa shape index (κ2) is 9.44. The Hall–Kier alpha value is -3.33. The van der Waals surface area contributed by atoms with Crippen LogP contribution in [-0.2, 0) is 21.4 Å². The van der Waals surface area contributed by atoms with Gasteiger partial charge in [0.25, 0.3) is 5.91 Å². The van der Waals surface area contributed by atoms with Gasteiger partial charge in [-0.3, -0.25) is 9.59 Å². The van der Waals surface area contributed by atoms with Gasteiger partial charge in [0.15, 0.2) is 11.5 Å². The van der Waals surface area contributed by atoms with Gasteiger partial charge in [-0.1, -0.05) is 13.0 Å². The Labute approximate surface area is 187 Å². The fourth-order valence-electron chi connectivity index (χ4n) is 3.99. The summed E-state index contributed by atoms with van der Waals surface area (Å²) in [5.74, 6) is 1.01. The van der Waals surface area contributed by atoms with Crippen molar-refractivity contribution < 1.29 is 23.8 Å². The van der Waals surface area contributed by atoms with Crippen molar-refractivity contribution in [1.82, 2.24) is 14.5 Å². The number of carbonyl (C=O) groups excluding carboxylic acids is 2. The van der Waals surface area contributed by atoms with E-state index in [2.05, 4.69) is 0 Å². The minimum Gasteiger partial charge on any atom is -0.454 e. The standard InChI is InChI=1S/C23H28N4O5/c1-4-22(28)26(10-11-30-3)14-23(29)27-19(13-17(24-27)18-6-5-9-25(18)2)16-7-8-20-21(12-16)32-15-31-20/h5-9,12,19H,4,10-11,13-15H2,1-3H3/t19-/m0/s1. The predicted octanol–water partition coefficient (Wildman–Crippen LogP) is 2.32. The first-order valence-electron chi connectivity index (χ1n) is 10.7. The first-order chi connectivity index (χ1) is 15.5. The van der Waals surface area contributed by atoms with Crippen molar-refractivity contribution in [2.45, 2.75) is 25.8 Å². The third-order valence-electron chi connectivity index (χ3n) is 5.73. The Morgan fingerprint density at radius 3 is 2.78 bits per heavy atom. The van der Waals surface area contributed by atoms with Crippen LogP contribution in [0.5, 0.6) is 11.5 Å². The Morgan fingerprint density at radius 2 is 2.06 bits per heavy atom. The maximum atomic E-state index is 13.4. The van der Waals surface area contributed by atoms with E-state index in [9.17, 15) is 9.59 Å². The molecule has 32 heavy (non-hydrogen) atoms. The number of hydrazone groups is 1. The summed E-state index contributed by atoms with van der Waals surface area (Å²) in [6.45, 7) is 2.63. The molecule has 0 spiro atoms. The van der Waals surface area contributed by atoms with Gasteiger partial charge >= 0.3 is 0 Å². The summed E-state index contributed by atoms with van der Waals surface area (Å²) < 4.78 is 18.1. The molecule has 1 aromatic carbocycles. The zero-order valence-corrected chi connectivity index (χ0v) is 18.6. The summed E-state index contributed by atoms with van der Waals surface area (Å²) >= 11 is 0. The van der Waals surface area contributed by atoms with E-state index in [0.29, 0.717) is 37.5 Å². The highest BCUT2D eigenvalue weighted by Gasteiger charge is 2.35. The number of hydrogen-bond acceptors (Lipinski definition) is 6. The van der Waals surface area contributed by atoms with Crippen LogP contribution < -0.4 is 9.47 Å². The molecule has 9 heteroatoms. The van der Waals surface area contributed by atoms with Crippen molar-refractivity contribution >= 4 is 17.5 Å². The third kappa shape index (κ3) is 4.34. The van der Waals surface area contributed by atoms with Crippen LogP contribution in [0.25, 0.3) is 0 Å². The molecule has 2 aliphatic rings. The average molecular weight is 441 g/mol. The van der Waals surface area contributed by atoms with Gasteiger partial charge in [0, 0.05) is 39.7 Å². The van der Waals surface area contributed by atoms with E-state index in [1.54, 1.807) is 14.0 Å². The zero-order chi connectivity index (χ0) is 22.7. The fourth-order valence-corrected chi connectivity index (χ4v) is 3.99. The smallest absolute Gasteiger partial charge is 0.262 e. The molecular formula is C23H28N4O5. The lowest BCUT2D eigenvalue weighted by Crippen LogP contribution is -2.42. The Morgan fingerprint density at radius 1 is 1.25 bits per heavy atom. The molecule has 1 aromatic heterocycles. The molecule has 1 atom stereocenters. The second-order valence-electron chi connectivity index (χ2n) is 7.78. The average Bonchev–Trinajstić information content (AvgIpc) is 3.54. The van der Waals surface area contributed by atoms with E-state index in [1.165, 1.54) is 9.91 Å². The van der Waals surface area contributed by atoms with Crippen LogP contribution in [0.15, 0.2) is 41.6 Å². The molecule has 170 valence electrons. The van der Waals surface area contributed by atoms with Crippen molar-refractivity contribution in [3.05, 3.63) is 47.8 Å². The Kier molecular flexibility index (Phi) is 6.45. The number of hydrogen-bond donors (Lipinski definition) is 0. The van der Waals surface area contributed by atoms with E-state index >= 15 is 0 Å². The second-order valence-corrected chi connectivity index (χ2v) is 7.78. The monoisotopic (exact) mass is 440 g/mol. The van der Waals surface area contributed by atoms with Gasteiger partial charge in [-0.25, -0.2) is 5.01 Å². The van der Waals surface area contributed by atoms with Gasteiger partial charge in [-0.05, 0) is 29.8 Å².